The van der Waals surface area contributed by atoms with Gasteiger partial charge in [0.05, 0.1) is 12.5 Å². The third-order valence-electron chi connectivity index (χ3n) is 5.59. The maximum absolute atomic E-state index is 13.1. The zero-order valence-electron chi connectivity index (χ0n) is 15.8. The van der Waals surface area contributed by atoms with Crippen LogP contribution in [-0.2, 0) is 10.2 Å². The summed E-state index contributed by atoms with van der Waals surface area (Å²) < 4.78 is 5.33. The normalized spacial score (nSPS) is 20.6. The molecule has 2 aliphatic heterocycles. The summed E-state index contributed by atoms with van der Waals surface area (Å²) in [6, 6.07) is 13.2. The highest BCUT2D eigenvalue weighted by Crippen LogP contribution is 2.45. The topological polar surface area (TPSA) is 61.9 Å². The fraction of sp³-hybridized carbons (Fsp3) is 0.333. The van der Waals surface area contributed by atoms with Crippen LogP contribution in [0.15, 0.2) is 42.5 Å². The van der Waals surface area contributed by atoms with Crippen molar-refractivity contribution in [1.82, 2.24) is 4.90 Å². The minimum atomic E-state index is -0.696. The summed E-state index contributed by atoms with van der Waals surface area (Å²) in [5.74, 6) is 0.635. The van der Waals surface area contributed by atoms with Crippen LogP contribution in [0.4, 0.5) is 11.4 Å². The Morgan fingerprint density at radius 2 is 2.04 bits per heavy atom. The molecule has 0 radical (unpaired) electrons. The van der Waals surface area contributed by atoms with Crippen molar-refractivity contribution >= 4 is 23.2 Å². The number of carbonyl (C=O) groups excluding carboxylic acids is 2. The van der Waals surface area contributed by atoms with Gasteiger partial charge in [-0.2, -0.15) is 0 Å². The molecule has 1 fully saturated rings. The number of benzene rings is 2. The van der Waals surface area contributed by atoms with Gasteiger partial charge in [0.1, 0.15) is 5.75 Å². The van der Waals surface area contributed by atoms with E-state index in [1.165, 1.54) is 0 Å². The molecule has 0 aromatic heterocycles. The number of likely N-dealkylation sites (tertiary alicyclic amines) is 1. The van der Waals surface area contributed by atoms with Gasteiger partial charge in [-0.15, -0.1) is 0 Å². The van der Waals surface area contributed by atoms with E-state index in [1.807, 2.05) is 61.5 Å². The minimum Gasteiger partial charge on any atom is -0.497 e. The SMILES string of the molecule is COc1ccc2c(c1)[C@@]1(CCN(C(=O)c3cccc(N(C)C)c3)C1)C(=O)N2. The number of fused-ring (bicyclic) bond motifs is 2. The van der Waals surface area contributed by atoms with Crippen molar-refractivity contribution in [1.29, 1.82) is 0 Å². The molecule has 1 spiro atoms. The lowest BCUT2D eigenvalue weighted by Crippen LogP contribution is -2.39. The number of rotatable bonds is 3. The Labute approximate surface area is 158 Å². The number of nitrogens with zero attached hydrogens (tertiary/aromatic N) is 2. The molecule has 0 aliphatic carbocycles. The first kappa shape index (κ1) is 17.4. The zero-order chi connectivity index (χ0) is 19.2. The molecule has 0 bridgehead atoms. The number of methoxy groups -OCH3 is 1. The van der Waals surface area contributed by atoms with Gasteiger partial charge in [0.25, 0.3) is 5.91 Å². The van der Waals surface area contributed by atoms with E-state index >= 15 is 0 Å². The lowest BCUT2D eigenvalue weighted by Gasteiger charge is -2.23. The van der Waals surface area contributed by atoms with E-state index in [1.54, 1.807) is 12.0 Å². The Bertz CT molecular complexity index is 925. The van der Waals surface area contributed by atoms with Crippen LogP contribution in [0.25, 0.3) is 0 Å². The van der Waals surface area contributed by atoms with Crippen molar-refractivity contribution in [3.63, 3.8) is 0 Å². The highest BCUT2D eigenvalue weighted by molar-refractivity contribution is 6.07. The predicted molar refractivity (Wildman–Crippen MR) is 105 cm³/mol. The molecule has 0 unspecified atom stereocenters. The van der Waals surface area contributed by atoms with E-state index in [-0.39, 0.29) is 11.8 Å². The molecule has 1 saturated heterocycles. The van der Waals surface area contributed by atoms with Crippen LogP contribution >= 0.6 is 0 Å². The molecule has 2 heterocycles. The van der Waals surface area contributed by atoms with E-state index < -0.39 is 5.41 Å². The van der Waals surface area contributed by atoms with Crippen LogP contribution in [0.1, 0.15) is 22.3 Å². The highest BCUT2D eigenvalue weighted by Gasteiger charge is 2.52. The number of amides is 2. The van der Waals surface area contributed by atoms with Crippen LogP contribution in [0.2, 0.25) is 0 Å². The first-order valence-corrected chi connectivity index (χ1v) is 9.01. The highest BCUT2D eigenvalue weighted by atomic mass is 16.5. The van der Waals surface area contributed by atoms with Gasteiger partial charge < -0.3 is 19.9 Å². The molecule has 4 rings (SSSR count). The molecular weight excluding hydrogens is 342 g/mol. The molecular formula is C21H23N3O3. The summed E-state index contributed by atoms with van der Waals surface area (Å²) >= 11 is 0. The van der Waals surface area contributed by atoms with Gasteiger partial charge in [0.15, 0.2) is 0 Å². The lowest BCUT2D eigenvalue weighted by atomic mass is 9.81. The molecule has 0 saturated carbocycles. The van der Waals surface area contributed by atoms with Gasteiger partial charge >= 0.3 is 0 Å². The Morgan fingerprint density at radius 1 is 1.22 bits per heavy atom. The second-order valence-corrected chi connectivity index (χ2v) is 7.37. The number of nitrogens with one attached hydrogen (secondary N) is 1. The quantitative estimate of drug-likeness (QED) is 0.908. The second-order valence-electron chi connectivity index (χ2n) is 7.37. The summed E-state index contributed by atoms with van der Waals surface area (Å²) in [7, 11) is 5.50. The largest absolute Gasteiger partial charge is 0.497 e. The summed E-state index contributed by atoms with van der Waals surface area (Å²) in [5.41, 5.74) is 2.65. The summed E-state index contributed by atoms with van der Waals surface area (Å²) in [6.45, 7) is 0.930. The molecule has 6 nitrogen and oxygen atoms in total. The van der Waals surface area contributed by atoms with Gasteiger partial charge in [-0.1, -0.05) is 6.07 Å². The number of ether oxygens (including phenoxy) is 1. The number of carbonyl (C=O) groups is 2. The summed E-state index contributed by atoms with van der Waals surface area (Å²) in [5, 5.41) is 2.97. The average Bonchev–Trinajstić information content (AvgIpc) is 3.24. The van der Waals surface area contributed by atoms with Crippen molar-refractivity contribution in [3.8, 4) is 5.75 Å². The minimum absolute atomic E-state index is 0.0388. The Hall–Kier alpha value is -3.02. The third-order valence-corrected chi connectivity index (χ3v) is 5.59. The summed E-state index contributed by atoms with van der Waals surface area (Å²) in [4.78, 5) is 29.6. The van der Waals surface area contributed by atoms with E-state index in [4.69, 9.17) is 4.74 Å². The van der Waals surface area contributed by atoms with E-state index in [2.05, 4.69) is 5.32 Å². The smallest absolute Gasteiger partial charge is 0.253 e. The molecule has 1 N–H and O–H groups in total. The van der Waals surface area contributed by atoms with E-state index in [9.17, 15) is 9.59 Å². The number of anilines is 2. The van der Waals surface area contributed by atoms with E-state index in [0.717, 1.165) is 16.9 Å². The fourth-order valence-electron chi connectivity index (χ4n) is 4.01. The standard InChI is InChI=1S/C21H23N3O3/c1-23(2)15-6-4-5-14(11-15)19(25)24-10-9-21(13-24)17-12-16(27-3)7-8-18(17)22-20(21)26/h4-8,11-12H,9-10,13H2,1-3H3,(H,22,26)/t21-/m0/s1. The lowest BCUT2D eigenvalue weighted by molar-refractivity contribution is -0.120. The maximum atomic E-state index is 13.1. The van der Waals surface area contributed by atoms with Crippen LogP contribution in [0.5, 0.6) is 5.75 Å². The number of hydrogen-bond donors (Lipinski definition) is 1. The molecule has 2 aromatic rings. The Morgan fingerprint density at radius 3 is 2.78 bits per heavy atom. The Kier molecular flexibility index (Phi) is 4.06. The van der Waals surface area contributed by atoms with Crippen molar-refractivity contribution in [3.05, 3.63) is 53.6 Å². The zero-order valence-corrected chi connectivity index (χ0v) is 15.8. The fourth-order valence-corrected chi connectivity index (χ4v) is 4.01. The van der Waals surface area contributed by atoms with Crippen LogP contribution in [-0.4, -0.2) is 51.0 Å². The van der Waals surface area contributed by atoms with Crippen LogP contribution < -0.4 is 15.0 Å². The first-order chi connectivity index (χ1) is 12.9. The van der Waals surface area contributed by atoms with Crippen molar-refractivity contribution in [2.24, 2.45) is 0 Å². The van der Waals surface area contributed by atoms with Gasteiger partial charge in [-0.05, 0) is 48.4 Å². The van der Waals surface area contributed by atoms with Gasteiger partial charge in [0.2, 0.25) is 5.91 Å². The second kappa shape index (κ2) is 6.30. The van der Waals surface area contributed by atoms with Crippen LogP contribution in [0.3, 0.4) is 0 Å². The monoisotopic (exact) mass is 365 g/mol. The molecule has 2 aliphatic rings. The van der Waals surface area contributed by atoms with Crippen LogP contribution in [0, 0.1) is 0 Å². The molecule has 27 heavy (non-hydrogen) atoms. The molecule has 2 amide bonds. The van der Waals surface area contributed by atoms with Crippen molar-refractivity contribution in [2.75, 3.05) is 44.5 Å². The number of hydrogen-bond acceptors (Lipinski definition) is 4. The van der Waals surface area contributed by atoms with Crippen molar-refractivity contribution in [2.45, 2.75) is 11.8 Å². The van der Waals surface area contributed by atoms with Gasteiger partial charge in [-0.25, -0.2) is 0 Å². The third kappa shape index (κ3) is 2.72. The Balaban J connectivity index is 1.63. The van der Waals surface area contributed by atoms with Crippen molar-refractivity contribution < 1.29 is 14.3 Å². The molecule has 2 aromatic carbocycles. The molecule has 140 valence electrons. The molecule has 1 atom stereocenters. The van der Waals surface area contributed by atoms with Gasteiger partial charge in [0, 0.05) is 44.1 Å². The average molecular weight is 365 g/mol. The predicted octanol–water partition coefficient (Wildman–Crippen LogP) is 2.50. The van der Waals surface area contributed by atoms with Gasteiger partial charge in [-0.3, -0.25) is 9.59 Å². The first-order valence-electron chi connectivity index (χ1n) is 9.01. The van der Waals surface area contributed by atoms with E-state index in [0.29, 0.717) is 30.8 Å². The summed E-state index contributed by atoms with van der Waals surface area (Å²) in [6.07, 6.45) is 0.609. The molecule has 6 heteroatoms. The maximum Gasteiger partial charge on any atom is 0.253 e.